The van der Waals surface area contributed by atoms with Crippen molar-refractivity contribution < 1.29 is 19.0 Å². The van der Waals surface area contributed by atoms with Crippen LogP contribution in [0.1, 0.15) is 30.0 Å². The van der Waals surface area contributed by atoms with E-state index >= 15 is 0 Å². The molecule has 0 fully saturated rings. The van der Waals surface area contributed by atoms with Crippen LogP contribution < -0.4 is 0 Å². The van der Waals surface area contributed by atoms with Crippen molar-refractivity contribution in [2.75, 3.05) is 13.7 Å². The van der Waals surface area contributed by atoms with Gasteiger partial charge in [-0.15, -0.1) is 0 Å². The Kier molecular flexibility index (Phi) is 7.04. The normalized spacial score (nSPS) is 12.2. The van der Waals surface area contributed by atoms with E-state index in [0.717, 1.165) is 16.7 Å². The zero-order valence-electron chi connectivity index (χ0n) is 16.8. The molecule has 0 heterocycles. The van der Waals surface area contributed by atoms with Gasteiger partial charge in [-0.1, -0.05) is 97.9 Å². The first-order chi connectivity index (χ1) is 14.2. The van der Waals surface area contributed by atoms with Gasteiger partial charge in [0.05, 0.1) is 13.7 Å². The van der Waals surface area contributed by atoms with Gasteiger partial charge in [-0.2, -0.15) is 0 Å². The molecule has 0 spiro atoms. The summed E-state index contributed by atoms with van der Waals surface area (Å²) in [7, 11) is 1.30. The number of hydrogen-bond acceptors (Lipinski definition) is 4. The summed E-state index contributed by atoms with van der Waals surface area (Å²) >= 11 is 0. The van der Waals surface area contributed by atoms with Gasteiger partial charge in [0.2, 0.25) is 0 Å². The van der Waals surface area contributed by atoms with Crippen LogP contribution in [-0.4, -0.2) is 26.0 Å². The lowest BCUT2D eigenvalue weighted by Gasteiger charge is -2.36. The maximum atomic E-state index is 11.6. The maximum absolute atomic E-state index is 11.6. The van der Waals surface area contributed by atoms with Crippen molar-refractivity contribution >= 4 is 6.16 Å². The van der Waals surface area contributed by atoms with Gasteiger partial charge in [-0.25, -0.2) is 4.79 Å². The molecule has 0 aliphatic rings. The van der Waals surface area contributed by atoms with Crippen molar-refractivity contribution in [3.8, 4) is 0 Å². The zero-order valence-corrected chi connectivity index (χ0v) is 16.8. The topological polar surface area (TPSA) is 44.8 Å². The van der Waals surface area contributed by atoms with E-state index in [1.54, 1.807) is 0 Å². The molecule has 1 atom stereocenters. The van der Waals surface area contributed by atoms with Gasteiger partial charge in [-0.3, -0.25) is 0 Å². The van der Waals surface area contributed by atoms with Gasteiger partial charge in [0.25, 0.3) is 0 Å². The first-order valence-electron chi connectivity index (χ1n) is 9.75. The van der Waals surface area contributed by atoms with Crippen LogP contribution in [0.4, 0.5) is 4.79 Å². The number of hydrogen-bond donors (Lipinski definition) is 0. The second-order valence-electron chi connectivity index (χ2n) is 6.69. The minimum absolute atomic E-state index is 0.226. The minimum atomic E-state index is -0.837. The van der Waals surface area contributed by atoms with Gasteiger partial charge in [-0.05, 0) is 23.1 Å². The summed E-state index contributed by atoms with van der Waals surface area (Å²) in [4.78, 5) is 11.6. The number of benzene rings is 3. The summed E-state index contributed by atoms with van der Waals surface area (Å²) in [5.41, 5.74) is 2.18. The van der Waals surface area contributed by atoms with Crippen molar-refractivity contribution in [1.82, 2.24) is 0 Å². The second-order valence-corrected chi connectivity index (χ2v) is 6.69. The fourth-order valence-electron chi connectivity index (χ4n) is 3.41. The minimum Gasteiger partial charge on any atom is -0.438 e. The predicted molar refractivity (Wildman–Crippen MR) is 113 cm³/mol. The molecular formula is C25H26O4. The van der Waals surface area contributed by atoms with E-state index in [-0.39, 0.29) is 6.61 Å². The van der Waals surface area contributed by atoms with Crippen LogP contribution in [0, 0.1) is 0 Å². The van der Waals surface area contributed by atoms with Crippen LogP contribution in [0.5, 0.6) is 0 Å². The molecule has 0 saturated heterocycles. The number of carbonyl (C=O) groups excluding carboxylic acids is 1. The molecule has 3 rings (SSSR count). The van der Waals surface area contributed by atoms with Gasteiger partial charge >= 0.3 is 6.16 Å². The number of methoxy groups -OCH3 is 1. The van der Waals surface area contributed by atoms with E-state index in [1.807, 2.05) is 61.5 Å². The Balaban J connectivity index is 2.08. The lowest BCUT2D eigenvalue weighted by Crippen LogP contribution is -2.36. The molecule has 0 amide bonds. The standard InChI is InChI=1S/C25H26O4/c1-3-23(29-24(26)27-2)19-28-25(20-13-7-4-8-14-20,21-15-9-5-10-16-21)22-17-11-6-12-18-22/h4-18,23H,3,19H2,1-2H3. The fourth-order valence-corrected chi connectivity index (χ4v) is 3.41. The first-order valence-corrected chi connectivity index (χ1v) is 9.75. The molecule has 0 aliphatic carbocycles. The second kappa shape index (κ2) is 9.89. The Morgan fingerprint density at radius 3 is 1.55 bits per heavy atom. The van der Waals surface area contributed by atoms with E-state index < -0.39 is 17.9 Å². The number of rotatable bonds is 8. The molecule has 4 nitrogen and oxygen atoms in total. The monoisotopic (exact) mass is 390 g/mol. The highest BCUT2D eigenvalue weighted by Gasteiger charge is 2.38. The van der Waals surface area contributed by atoms with Crippen molar-refractivity contribution in [2.45, 2.75) is 25.0 Å². The third-order valence-corrected chi connectivity index (χ3v) is 4.91. The Bertz CT molecular complexity index is 782. The molecule has 150 valence electrons. The molecule has 4 heteroatoms. The highest BCUT2D eigenvalue weighted by atomic mass is 16.7. The number of ether oxygens (including phenoxy) is 3. The Labute approximate surface area is 172 Å². The summed E-state index contributed by atoms with van der Waals surface area (Å²) in [5, 5.41) is 0. The zero-order chi connectivity index (χ0) is 20.5. The van der Waals surface area contributed by atoms with Crippen molar-refractivity contribution in [1.29, 1.82) is 0 Å². The van der Waals surface area contributed by atoms with E-state index in [2.05, 4.69) is 41.1 Å². The van der Waals surface area contributed by atoms with Crippen LogP contribution in [-0.2, 0) is 19.8 Å². The summed E-state index contributed by atoms with van der Waals surface area (Å²) in [6.45, 7) is 2.18. The Morgan fingerprint density at radius 2 is 1.21 bits per heavy atom. The molecule has 0 aromatic heterocycles. The average molecular weight is 390 g/mol. The summed E-state index contributed by atoms with van der Waals surface area (Å²) in [6.07, 6.45) is -0.507. The molecule has 0 N–H and O–H groups in total. The van der Waals surface area contributed by atoms with Crippen LogP contribution in [0.25, 0.3) is 0 Å². The van der Waals surface area contributed by atoms with E-state index in [4.69, 9.17) is 9.47 Å². The van der Waals surface area contributed by atoms with Gasteiger partial charge < -0.3 is 14.2 Å². The van der Waals surface area contributed by atoms with Crippen molar-refractivity contribution in [3.63, 3.8) is 0 Å². The van der Waals surface area contributed by atoms with E-state index in [9.17, 15) is 4.79 Å². The molecule has 3 aromatic carbocycles. The smallest absolute Gasteiger partial charge is 0.438 e. The SMILES string of the molecule is CCC(COC(c1ccccc1)(c1ccccc1)c1ccccc1)OC(=O)OC. The molecule has 3 aromatic rings. The lowest BCUT2D eigenvalue weighted by atomic mass is 9.80. The van der Waals surface area contributed by atoms with Crippen LogP contribution in [0.3, 0.4) is 0 Å². The van der Waals surface area contributed by atoms with Crippen LogP contribution in [0.15, 0.2) is 91.0 Å². The fraction of sp³-hybridized carbons (Fsp3) is 0.240. The quantitative estimate of drug-likeness (QED) is 0.373. The van der Waals surface area contributed by atoms with Gasteiger partial charge in [0.15, 0.2) is 0 Å². The van der Waals surface area contributed by atoms with Gasteiger partial charge in [0, 0.05) is 0 Å². The van der Waals surface area contributed by atoms with E-state index in [1.165, 1.54) is 7.11 Å². The molecule has 0 bridgehead atoms. The Hall–Kier alpha value is -3.11. The maximum Gasteiger partial charge on any atom is 0.508 e. The average Bonchev–Trinajstić information content (AvgIpc) is 2.80. The predicted octanol–water partition coefficient (Wildman–Crippen LogP) is 5.56. The molecular weight excluding hydrogens is 364 g/mol. The summed E-state index contributed by atoms with van der Waals surface area (Å²) in [5.74, 6) is 0. The first kappa shape index (κ1) is 20.6. The molecule has 0 radical (unpaired) electrons. The highest BCUT2D eigenvalue weighted by Crippen LogP contribution is 2.40. The summed E-state index contributed by atoms with van der Waals surface area (Å²) < 4.78 is 16.7. The molecule has 0 saturated carbocycles. The molecule has 29 heavy (non-hydrogen) atoms. The Morgan fingerprint density at radius 1 is 0.793 bits per heavy atom. The van der Waals surface area contributed by atoms with Crippen LogP contribution >= 0.6 is 0 Å². The lowest BCUT2D eigenvalue weighted by molar-refractivity contribution is -0.0556. The molecule has 1 unspecified atom stereocenters. The van der Waals surface area contributed by atoms with E-state index in [0.29, 0.717) is 6.42 Å². The van der Waals surface area contributed by atoms with Crippen molar-refractivity contribution in [2.24, 2.45) is 0 Å². The largest absolute Gasteiger partial charge is 0.508 e. The third kappa shape index (κ3) is 4.66. The number of carbonyl (C=O) groups is 1. The molecule has 0 aliphatic heterocycles. The van der Waals surface area contributed by atoms with Gasteiger partial charge in [0.1, 0.15) is 11.7 Å². The third-order valence-electron chi connectivity index (χ3n) is 4.91. The van der Waals surface area contributed by atoms with Crippen molar-refractivity contribution in [3.05, 3.63) is 108 Å². The highest BCUT2D eigenvalue weighted by molar-refractivity contribution is 5.59. The summed E-state index contributed by atoms with van der Waals surface area (Å²) in [6, 6.07) is 30.3. The van der Waals surface area contributed by atoms with Crippen LogP contribution in [0.2, 0.25) is 0 Å².